The summed E-state index contributed by atoms with van der Waals surface area (Å²) in [4.78, 5) is 80.7. The number of furan rings is 1. The van der Waals surface area contributed by atoms with E-state index in [2.05, 4.69) is 0 Å². The molecule has 3 N–H and O–H groups in total. The third-order valence-corrected chi connectivity index (χ3v) is 13.9. The van der Waals surface area contributed by atoms with Crippen molar-refractivity contribution < 1.29 is 86.4 Å². The van der Waals surface area contributed by atoms with Crippen LogP contribution in [0.25, 0.3) is 0 Å². The molecule has 4 saturated carbocycles. The van der Waals surface area contributed by atoms with Crippen LogP contribution in [0.3, 0.4) is 0 Å². The first-order chi connectivity index (χ1) is 26.0. The lowest BCUT2D eigenvalue weighted by Crippen LogP contribution is -2.97. The van der Waals surface area contributed by atoms with Gasteiger partial charge >= 0.3 is 36.0 Å². The van der Waals surface area contributed by atoms with Crippen molar-refractivity contribution in [2.75, 3.05) is 7.11 Å². The van der Waals surface area contributed by atoms with E-state index in [0.717, 1.165) is 34.8 Å². The Bertz CT molecular complexity index is 1920. The maximum Gasteiger partial charge on any atom is 0.510 e. The molecule has 4 aliphatic carbocycles. The molecule has 18 heteroatoms. The van der Waals surface area contributed by atoms with Crippen molar-refractivity contribution in [2.24, 2.45) is 28.1 Å². The van der Waals surface area contributed by atoms with Gasteiger partial charge in [0, 0.05) is 56.9 Å². The fourth-order valence-electron chi connectivity index (χ4n) is 12.4. The first-order valence-corrected chi connectivity index (χ1v) is 18.2. The van der Waals surface area contributed by atoms with Gasteiger partial charge in [0.1, 0.15) is 11.7 Å². The van der Waals surface area contributed by atoms with Gasteiger partial charge in [-0.3, -0.25) is 19.2 Å². The number of fused-ring (bicyclic) bond motifs is 2. The summed E-state index contributed by atoms with van der Waals surface area (Å²) in [6.07, 6.45) is -9.02. The van der Waals surface area contributed by atoms with Crippen molar-refractivity contribution in [1.82, 2.24) is 0 Å². The van der Waals surface area contributed by atoms with Gasteiger partial charge in [-0.2, -0.15) is 0 Å². The van der Waals surface area contributed by atoms with Crippen LogP contribution in [0, 0.1) is 28.1 Å². The van der Waals surface area contributed by atoms with E-state index in [4.69, 9.17) is 42.3 Å². The van der Waals surface area contributed by atoms with E-state index in [1.807, 2.05) is 0 Å². The van der Waals surface area contributed by atoms with Crippen molar-refractivity contribution >= 4 is 36.0 Å². The minimum Gasteiger partial charge on any atom is -0.487 e. The standard InChI is InChI=1S/C38H46O18/c1-10-21-13-22-33(7,25(51-17(3)40)20-11-12-49-14-20)26(52-18(4)41)27(53-19(5)42)38-34(8)24(23(28(43)48-9)50-16(2)39)32(6)15-35(34,46)36(47,29(32)44)30(54-21)37(22,38)55-31(45)56-38/h11-14,22-27,29-30,44,46-47H,10,15H2,1-9H3/t22-,23?,24+,25+,26+,27-,29+,30-,32-,33-,34-,35-,36+,37-,38+/m1/s1. The zero-order chi connectivity index (χ0) is 41.3. The Morgan fingerprint density at radius 1 is 0.929 bits per heavy atom. The van der Waals surface area contributed by atoms with Gasteiger partial charge in [-0.15, -0.1) is 0 Å². The summed E-state index contributed by atoms with van der Waals surface area (Å²) in [7, 11) is 1.02. The van der Waals surface area contributed by atoms with Gasteiger partial charge in [0.2, 0.25) is 17.3 Å². The monoisotopic (exact) mass is 790 g/mol. The lowest BCUT2D eigenvalue weighted by Gasteiger charge is -2.76. The molecule has 7 rings (SSSR count). The second-order valence-electron chi connectivity index (χ2n) is 16.4. The van der Waals surface area contributed by atoms with Crippen LogP contribution in [0.2, 0.25) is 0 Å². The Kier molecular flexibility index (Phi) is 8.59. The van der Waals surface area contributed by atoms with Crippen LogP contribution in [0.4, 0.5) is 4.79 Å². The predicted molar refractivity (Wildman–Crippen MR) is 180 cm³/mol. The summed E-state index contributed by atoms with van der Waals surface area (Å²) >= 11 is 0. The molecule has 0 amide bonds. The number of carbonyl (C=O) groups excluding carboxylic acids is 6. The second-order valence-corrected chi connectivity index (χ2v) is 16.4. The fourth-order valence-corrected chi connectivity index (χ4v) is 12.4. The quantitative estimate of drug-likeness (QED) is 0.238. The minimum absolute atomic E-state index is 0.120. The number of methoxy groups -OCH3 is 1. The Labute approximate surface area is 320 Å². The highest BCUT2D eigenvalue weighted by molar-refractivity contribution is 5.80. The molecule has 2 aliphatic heterocycles. The molecular formula is C38H46O18. The predicted octanol–water partition coefficient (Wildman–Crippen LogP) is 1.71. The van der Waals surface area contributed by atoms with Gasteiger partial charge in [0.15, 0.2) is 23.9 Å². The summed E-state index contributed by atoms with van der Waals surface area (Å²) in [5.74, 6) is -7.82. The largest absolute Gasteiger partial charge is 0.510 e. The fraction of sp³-hybridized carbons (Fsp3) is 0.684. The number of carbonyl (C=O) groups is 6. The normalized spacial score (nSPS) is 44.6. The van der Waals surface area contributed by atoms with Crippen LogP contribution in [-0.2, 0) is 61.9 Å². The molecule has 6 aliphatic rings. The van der Waals surface area contributed by atoms with E-state index in [9.17, 15) is 44.1 Å². The summed E-state index contributed by atoms with van der Waals surface area (Å²) in [6.45, 7) is 10.2. The van der Waals surface area contributed by atoms with Gasteiger partial charge in [0.05, 0.1) is 42.3 Å². The molecule has 0 radical (unpaired) electrons. The summed E-state index contributed by atoms with van der Waals surface area (Å²) in [5, 5.41) is 39.4. The third kappa shape index (κ3) is 4.26. The molecule has 1 saturated heterocycles. The average Bonchev–Trinajstić information content (AvgIpc) is 3.83. The van der Waals surface area contributed by atoms with Gasteiger partial charge in [-0.1, -0.05) is 27.7 Å². The lowest BCUT2D eigenvalue weighted by atomic mass is 9.32. The summed E-state index contributed by atoms with van der Waals surface area (Å²) in [6, 6.07) is 1.48. The number of rotatable bonds is 9. The van der Waals surface area contributed by atoms with Crippen LogP contribution < -0.4 is 0 Å². The highest BCUT2D eigenvalue weighted by Crippen LogP contribution is 2.86. The van der Waals surface area contributed by atoms with Crippen LogP contribution in [0.1, 0.15) is 79.9 Å². The zero-order valence-corrected chi connectivity index (χ0v) is 32.3. The Morgan fingerprint density at radius 2 is 1.55 bits per heavy atom. The zero-order valence-electron chi connectivity index (χ0n) is 32.3. The number of allylic oxidation sites excluding steroid dienone is 1. The Morgan fingerprint density at radius 3 is 2.09 bits per heavy atom. The number of aliphatic hydroxyl groups is 3. The molecule has 306 valence electrons. The first-order valence-electron chi connectivity index (χ1n) is 18.2. The van der Waals surface area contributed by atoms with Crippen molar-refractivity contribution in [1.29, 1.82) is 0 Å². The van der Waals surface area contributed by atoms with Crippen LogP contribution >= 0.6 is 0 Å². The highest BCUT2D eigenvalue weighted by Gasteiger charge is 3.04. The van der Waals surface area contributed by atoms with Gasteiger partial charge in [-0.05, 0) is 18.6 Å². The van der Waals surface area contributed by atoms with E-state index >= 15 is 0 Å². The van der Waals surface area contributed by atoms with E-state index in [1.54, 1.807) is 6.92 Å². The van der Waals surface area contributed by atoms with E-state index in [1.165, 1.54) is 45.4 Å². The van der Waals surface area contributed by atoms with Crippen molar-refractivity contribution in [3.05, 3.63) is 36.0 Å². The SMILES string of the molecule is CCC1=C[C@@H]2[C@](C)([C@@H](OC(C)=O)c3ccoc3)[C@@H](OC(C)=O)[C@@H](OC(C)=O)[C@@]34OC(=O)O[C@@]23[C@H](O1)[C@@]1(O)[C@@H](O)[C@]2(C)C[C@@]1(O)[C@@]4(C)[C@H]2C(OC(C)=O)C(=O)OC. The van der Waals surface area contributed by atoms with Crippen molar-refractivity contribution in [2.45, 2.75) is 127 Å². The minimum atomic E-state index is -2.81. The van der Waals surface area contributed by atoms with Crippen LogP contribution in [0.5, 0.6) is 0 Å². The van der Waals surface area contributed by atoms with Crippen LogP contribution in [-0.4, -0.2) is 111 Å². The Balaban J connectivity index is 1.70. The third-order valence-electron chi connectivity index (χ3n) is 13.9. The molecule has 56 heavy (non-hydrogen) atoms. The maximum absolute atomic E-state index is 14.3. The second kappa shape index (κ2) is 12.2. The Hall–Kier alpha value is -4.68. The molecule has 18 nitrogen and oxygen atoms in total. The molecule has 1 aromatic rings. The molecular weight excluding hydrogens is 744 g/mol. The first kappa shape index (κ1) is 39.6. The van der Waals surface area contributed by atoms with E-state index in [-0.39, 0.29) is 17.7 Å². The smallest absolute Gasteiger partial charge is 0.487 e. The molecule has 0 aromatic carbocycles. The van der Waals surface area contributed by atoms with E-state index < -0.39 is 130 Å². The van der Waals surface area contributed by atoms with Crippen molar-refractivity contribution in [3.63, 3.8) is 0 Å². The van der Waals surface area contributed by atoms with Gasteiger partial charge < -0.3 is 57.6 Å². The maximum atomic E-state index is 14.3. The molecule has 1 aromatic heterocycles. The highest BCUT2D eigenvalue weighted by atomic mass is 16.8. The average molecular weight is 791 g/mol. The van der Waals surface area contributed by atoms with Gasteiger partial charge in [-0.25, -0.2) is 9.59 Å². The van der Waals surface area contributed by atoms with E-state index in [0.29, 0.717) is 0 Å². The van der Waals surface area contributed by atoms with Gasteiger partial charge in [0.25, 0.3) is 0 Å². The molecule has 1 spiro atoms. The summed E-state index contributed by atoms with van der Waals surface area (Å²) in [5.41, 5.74) is -16.5. The number of esters is 5. The van der Waals surface area contributed by atoms with Crippen LogP contribution in [0.15, 0.2) is 34.8 Å². The lowest BCUT2D eigenvalue weighted by molar-refractivity contribution is -0.438. The molecule has 5 fully saturated rings. The molecule has 2 bridgehead atoms. The topological polar surface area (TPSA) is 250 Å². The molecule has 15 atom stereocenters. The number of aliphatic hydroxyl groups excluding tert-OH is 1. The number of hydrogen-bond acceptors (Lipinski definition) is 18. The molecule has 3 heterocycles. The van der Waals surface area contributed by atoms with Crippen molar-refractivity contribution in [3.8, 4) is 0 Å². The molecule has 1 unspecified atom stereocenters. The summed E-state index contributed by atoms with van der Waals surface area (Å²) < 4.78 is 53.8. The number of hydrogen-bond donors (Lipinski definition) is 3. The number of ether oxygens (including phenoxy) is 8.